The summed E-state index contributed by atoms with van der Waals surface area (Å²) in [6.45, 7) is 0. The van der Waals surface area contributed by atoms with Crippen molar-refractivity contribution < 1.29 is 15.1 Å². The van der Waals surface area contributed by atoms with E-state index in [1.165, 1.54) is 5.48 Å². The van der Waals surface area contributed by atoms with E-state index in [1.54, 1.807) is 24.3 Å². The molecule has 0 aliphatic heterocycles. The first kappa shape index (κ1) is 11.0. The predicted molar refractivity (Wildman–Crippen MR) is 51.0 cm³/mol. The summed E-state index contributed by atoms with van der Waals surface area (Å²) in [5.41, 5.74) is 1.99. The van der Waals surface area contributed by atoms with Crippen LogP contribution in [0.5, 0.6) is 0 Å². The molecule has 0 spiro atoms. The second-order valence-electron chi connectivity index (χ2n) is 2.81. The van der Waals surface area contributed by atoms with Crippen molar-refractivity contribution in [1.82, 2.24) is 5.48 Å². The highest BCUT2D eigenvalue weighted by Crippen LogP contribution is 2.19. The summed E-state index contributed by atoms with van der Waals surface area (Å²) in [5.74, 6) is -0.641. The molecule has 0 aromatic heterocycles. The number of hydroxylamine groups is 1. The molecule has 0 fully saturated rings. The smallest absolute Gasteiger partial charge is 0.246 e. The first-order valence-corrected chi connectivity index (χ1v) is 4.37. The maximum Gasteiger partial charge on any atom is 0.246 e. The summed E-state index contributed by atoms with van der Waals surface area (Å²) in [6, 6.07) is 6.57. The van der Waals surface area contributed by atoms with Crippen LogP contribution in [0.2, 0.25) is 5.02 Å². The lowest BCUT2D eigenvalue weighted by Gasteiger charge is -2.09. The van der Waals surface area contributed by atoms with Crippen LogP contribution in [0.3, 0.4) is 0 Å². The molecule has 0 saturated heterocycles. The van der Waals surface area contributed by atoms with Crippen LogP contribution in [-0.4, -0.2) is 16.2 Å². The summed E-state index contributed by atoms with van der Waals surface area (Å²) in [5, 5.41) is 18.3. The van der Waals surface area contributed by atoms with E-state index in [-0.39, 0.29) is 6.42 Å². The van der Waals surface area contributed by atoms with Crippen LogP contribution < -0.4 is 5.48 Å². The van der Waals surface area contributed by atoms with Crippen molar-refractivity contribution in [2.75, 3.05) is 0 Å². The average Bonchev–Trinajstić information content (AvgIpc) is 2.17. The Kier molecular flexibility index (Phi) is 3.88. The van der Waals surface area contributed by atoms with Gasteiger partial charge in [-0.25, -0.2) is 5.48 Å². The lowest BCUT2D eigenvalue weighted by atomic mass is 10.1. The molecule has 0 saturated carbocycles. The van der Waals surface area contributed by atoms with E-state index in [9.17, 15) is 9.90 Å². The van der Waals surface area contributed by atoms with Crippen LogP contribution in [0.15, 0.2) is 24.3 Å². The Labute approximate surface area is 86.1 Å². The van der Waals surface area contributed by atoms with Crippen molar-refractivity contribution in [3.8, 4) is 0 Å². The molecule has 5 heteroatoms. The molecule has 0 bridgehead atoms. The number of nitrogens with one attached hydrogen (secondary N) is 1. The lowest BCUT2D eigenvalue weighted by Crippen LogP contribution is -2.21. The van der Waals surface area contributed by atoms with Gasteiger partial charge in [0.2, 0.25) is 5.91 Å². The Balaban J connectivity index is 2.69. The molecule has 0 heterocycles. The van der Waals surface area contributed by atoms with E-state index < -0.39 is 12.0 Å². The van der Waals surface area contributed by atoms with Gasteiger partial charge in [-0.15, -0.1) is 0 Å². The number of halogens is 1. The maximum absolute atomic E-state index is 10.7. The van der Waals surface area contributed by atoms with E-state index in [0.29, 0.717) is 10.6 Å². The molecule has 1 aromatic rings. The Bertz CT molecular complexity index is 330. The minimum absolute atomic E-state index is 0.198. The van der Waals surface area contributed by atoms with Crippen molar-refractivity contribution in [1.29, 1.82) is 0 Å². The zero-order chi connectivity index (χ0) is 10.6. The maximum atomic E-state index is 10.7. The third-order valence-electron chi connectivity index (χ3n) is 1.74. The Hall–Kier alpha value is -1.10. The van der Waals surface area contributed by atoms with E-state index in [4.69, 9.17) is 16.8 Å². The molecule has 0 unspecified atom stereocenters. The summed E-state index contributed by atoms with van der Waals surface area (Å²) < 4.78 is 0. The van der Waals surface area contributed by atoms with Gasteiger partial charge in [0.15, 0.2) is 0 Å². The van der Waals surface area contributed by atoms with Gasteiger partial charge in [-0.1, -0.05) is 23.7 Å². The lowest BCUT2D eigenvalue weighted by molar-refractivity contribution is -0.131. The summed E-state index contributed by atoms with van der Waals surface area (Å²) in [6.07, 6.45) is -1.16. The third kappa shape index (κ3) is 2.99. The Morgan fingerprint density at radius 3 is 2.86 bits per heavy atom. The van der Waals surface area contributed by atoms with Gasteiger partial charge in [-0.2, -0.15) is 0 Å². The van der Waals surface area contributed by atoms with Gasteiger partial charge in [0.25, 0.3) is 0 Å². The van der Waals surface area contributed by atoms with Crippen LogP contribution in [0.1, 0.15) is 18.1 Å². The molecule has 0 aliphatic carbocycles. The molecule has 1 aromatic carbocycles. The number of carbonyl (C=O) groups is 1. The molecule has 4 nitrogen and oxygen atoms in total. The van der Waals surface area contributed by atoms with E-state index >= 15 is 0 Å². The molecular weight excluding hydrogens is 206 g/mol. The van der Waals surface area contributed by atoms with Crippen LogP contribution >= 0.6 is 11.6 Å². The summed E-state index contributed by atoms with van der Waals surface area (Å²) in [4.78, 5) is 10.7. The molecule has 76 valence electrons. The second-order valence-corrected chi connectivity index (χ2v) is 3.25. The van der Waals surface area contributed by atoms with Crippen molar-refractivity contribution >= 4 is 17.5 Å². The normalized spacial score (nSPS) is 12.2. The first-order chi connectivity index (χ1) is 6.63. The highest BCUT2D eigenvalue weighted by atomic mass is 35.5. The molecule has 1 amide bonds. The predicted octanol–water partition coefficient (Wildman–Crippen LogP) is 1.27. The number of aliphatic hydroxyl groups is 1. The number of benzene rings is 1. The number of carbonyl (C=O) groups excluding carboxylic acids is 1. The Morgan fingerprint density at radius 2 is 2.29 bits per heavy atom. The van der Waals surface area contributed by atoms with Crippen molar-refractivity contribution in [3.05, 3.63) is 34.9 Å². The monoisotopic (exact) mass is 215 g/mol. The van der Waals surface area contributed by atoms with Gasteiger partial charge in [-0.05, 0) is 17.7 Å². The average molecular weight is 216 g/mol. The molecule has 3 N–H and O–H groups in total. The molecule has 0 radical (unpaired) electrons. The van der Waals surface area contributed by atoms with Crippen LogP contribution in [0.4, 0.5) is 0 Å². The van der Waals surface area contributed by atoms with Crippen molar-refractivity contribution in [3.63, 3.8) is 0 Å². The number of hydrogen-bond donors (Lipinski definition) is 3. The van der Waals surface area contributed by atoms with Gasteiger partial charge in [0, 0.05) is 5.02 Å². The van der Waals surface area contributed by atoms with Gasteiger partial charge in [-0.3, -0.25) is 10.0 Å². The molecule has 1 rings (SSSR count). The second kappa shape index (κ2) is 4.95. The fourth-order valence-electron chi connectivity index (χ4n) is 1.05. The molecule has 14 heavy (non-hydrogen) atoms. The number of amides is 1. The molecular formula is C9H10ClNO3. The highest BCUT2D eigenvalue weighted by molar-refractivity contribution is 6.30. The quantitative estimate of drug-likeness (QED) is 0.525. The number of rotatable bonds is 3. The number of aliphatic hydroxyl groups excluding tert-OH is 1. The largest absolute Gasteiger partial charge is 0.388 e. The van der Waals surface area contributed by atoms with Gasteiger partial charge < -0.3 is 5.11 Å². The fourth-order valence-corrected chi connectivity index (χ4v) is 1.25. The SMILES string of the molecule is O=C(C[C@H](O)c1cccc(Cl)c1)NO. The topological polar surface area (TPSA) is 69.6 Å². The van der Waals surface area contributed by atoms with E-state index in [0.717, 1.165) is 0 Å². The minimum atomic E-state index is -0.958. The van der Waals surface area contributed by atoms with Gasteiger partial charge in [0.1, 0.15) is 0 Å². The summed E-state index contributed by atoms with van der Waals surface area (Å²) in [7, 11) is 0. The van der Waals surface area contributed by atoms with E-state index in [1.807, 2.05) is 0 Å². The van der Waals surface area contributed by atoms with Crippen LogP contribution in [0, 0.1) is 0 Å². The van der Waals surface area contributed by atoms with Crippen molar-refractivity contribution in [2.45, 2.75) is 12.5 Å². The highest BCUT2D eigenvalue weighted by Gasteiger charge is 2.12. The zero-order valence-electron chi connectivity index (χ0n) is 7.27. The molecule has 0 aliphatic rings. The van der Waals surface area contributed by atoms with Crippen LogP contribution in [0.25, 0.3) is 0 Å². The summed E-state index contributed by atoms with van der Waals surface area (Å²) >= 11 is 5.70. The first-order valence-electron chi connectivity index (χ1n) is 4.00. The fraction of sp³-hybridized carbons (Fsp3) is 0.222. The van der Waals surface area contributed by atoms with Gasteiger partial charge >= 0.3 is 0 Å². The third-order valence-corrected chi connectivity index (χ3v) is 1.97. The minimum Gasteiger partial charge on any atom is -0.388 e. The standard InChI is InChI=1S/C9H10ClNO3/c10-7-3-1-2-6(4-7)8(12)5-9(13)11-14/h1-4,8,12,14H,5H2,(H,11,13)/t8-/m0/s1. The van der Waals surface area contributed by atoms with E-state index in [2.05, 4.69) is 0 Å². The van der Waals surface area contributed by atoms with Gasteiger partial charge in [0.05, 0.1) is 12.5 Å². The van der Waals surface area contributed by atoms with Crippen LogP contribution in [-0.2, 0) is 4.79 Å². The Morgan fingerprint density at radius 1 is 1.57 bits per heavy atom. The molecule has 1 atom stereocenters. The zero-order valence-corrected chi connectivity index (χ0v) is 8.03. The number of hydrogen-bond acceptors (Lipinski definition) is 3. The van der Waals surface area contributed by atoms with Crippen molar-refractivity contribution in [2.24, 2.45) is 0 Å².